The molecule has 1 heterocycles. The van der Waals surface area contributed by atoms with E-state index in [1.165, 1.54) is 11.1 Å². The molecule has 0 aromatic heterocycles. The molecule has 0 unspecified atom stereocenters. The maximum atomic E-state index is 13.6. The Morgan fingerprint density at radius 3 is 2.88 bits per heavy atom. The molecule has 8 heteroatoms. The van der Waals surface area contributed by atoms with Crippen LogP contribution in [0.3, 0.4) is 0 Å². The summed E-state index contributed by atoms with van der Waals surface area (Å²) in [5, 5.41) is 3.41. The van der Waals surface area contributed by atoms with Crippen LogP contribution in [-0.2, 0) is 13.0 Å². The van der Waals surface area contributed by atoms with E-state index in [4.69, 9.17) is 17.3 Å². The van der Waals surface area contributed by atoms with Crippen molar-refractivity contribution in [2.45, 2.75) is 13.0 Å². The van der Waals surface area contributed by atoms with Gasteiger partial charge < -0.3 is 11.1 Å². The lowest BCUT2D eigenvalue weighted by atomic mass is 10.00. The zero-order valence-electron chi connectivity index (χ0n) is 14.0. The first-order valence-corrected chi connectivity index (χ1v) is 8.41. The molecule has 4 nitrogen and oxygen atoms in total. The van der Waals surface area contributed by atoms with Crippen molar-refractivity contribution in [2.24, 2.45) is 10.7 Å². The average molecular weight is 493 g/mol. The zero-order valence-corrected chi connectivity index (χ0v) is 17.1. The van der Waals surface area contributed by atoms with Crippen LogP contribution in [0.25, 0.3) is 0 Å². The predicted octanol–water partition coefficient (Wildman–Crippen LogP) is 4.02. The summed E-state index contributed by atoms with van der Waals surface area (Å²) in [5.74, 6) is -1.06. The van der Waals surface area contributed by atoms with Crippen LogP contribution in [0.1, 0.15) is 11.1 Å². The third-order valence-electron chi connectivity index (χ3n) is 4.18. The van der Waals surface area contributed by atoms with Gasteiger partial charge in [-0.2, -0.15) is 0 Å². The van der Waals surface area contributed by atoms with Crippen molar-refractivity contribution >= 4 is 47.2 Å². The average Bonchev–Trinajstić information content (AvgIpc) is 2.58. The highest BCUT2D eigenvalue weighted by Crippen LogP contribution is 2.25. The van der Waals surface area contributed by atoms with Gasteiger partial charge in [0, 0.05) is 30.7 Å². The van der Waals surface area contributed by atoms with Crippen molar-refractivity contribution in [1.29, 1.82) is 0 Å². The number of halogens is 4. The number of hydrogen-bond acceptors (Lipinski definition) is 2. The molecule has 2 aromatic rings. The lowest BCUT2D eigenvalue weighted by Crippen LogP contribution is -2.33. The molecule has 2 aromatic carbocycles. The molecule has 1 aliphatic rings. The Balaban J connectivity index is 0.00000243. The van der Waals surface area contributed by atoms with Gasteiger partial charge in [0.05, 0.1) is 12.2 Å². The molecule has 140 valence electrons. The van der Waals surface area contributed by atoms with Crippen molar-refractivity contribution < 1.29 is 8.78 Å². The predicted molar refractivity (Wildman–Crippen MR) is 112 cm³/mol. The summed E-state index contributed by atoms with van der Waals surface area (Å²) in [5.41, 5.74) is 8.17. The molecule has 0 radical (unpaired) electrons. The minimum atomic E-state index is -0.580. The Morgan fingerprint density at radius 2 is 2.08 bits per heavy atom. The molecule has 0 saturated heterocycles. The van der Waals surface area contributed by atoms with Crippen LogP contribution in [0.4, 0.5) is 14.5 Å². The second-order valence-corrected chi connectivity index (χ2v) is 6.33. The van der Waals surface area contributed by atoms with E-state index in [0.717, 1.165) is 49.3 Å². The van der Waals surface area contributed by atoms with Gasteiger partial charge in [0.25, 0.3) is 0 Å². The number of guanidine groups is 1. The van der Waals surface area contributed by atoms with Crippen molar-refractivity contribution in [3.05, 3.63) is 64.2 Å². The molecule has 3 N–H and O–H groups in total. The van der Waals surface area contributed by atoms with E-state index in [2.05, 4.69) is 21.3 Å². The highest BCUT2D eigenvalue weighted by molar-refractivity contribution is 14.0. The van der Waals surface area contributed by atoms with Gasteiger partial charge in [-0.3, -0.25) is 9.89 Å². The molecule has 26 heavy (non-hydrogen) atoms. The molecule has 0 fully saturated rings. The van der Waals surface area contributed by atoms with E-state index >= 15 is 0 Å². The molecule has 3 rings (SSSR count). The summed E-state index contributed by atoms with van der Waals surface area (Å²) in [7, 11) is 0. The van der Waals surface area contributed by atoms with Crippen LogP contribution in [-0.4, -0.2) is 30.5 Å². The maximum Gasteiger partial charge on any atom is 0.193 e. The summed E-state index contributed by atoms with van der Waals surface area (Å²) < 4.78 is 26.7. The number of aliphatic imine (C=N–C) groups is 1. The SMILES string of the molecule is I.NC(=NCCN1CCc2c(Cl)cccc2C1)Nc1cc(F)ccc1F. The lowest BCUT2D eigenvalue weighted by molar-refractivity contribution is 0.262. The van der Waals surface area contributed by atoms with Crippen molar-refractivity contribution in [3.63, 3.8) is 0 Å². The molecule has 0 saturated carbocycles. The van der Waals surface area contributed by atoms with Gasteiger partial charge in [0.2, 0.25) is 0 Å². The number of rotatable bonds is 4. The molecule has 0 spiro atoms. The Labute approximate surface area is 173 Å². The number of benzene rings is 2. The van der Waals surface area contributed by atoms with E-state index in [9.17, 15) is 8.78 Å². The van der Waals surface area contributed by atoms with Gasteiger partial charge in [-0.25, -0.2) is 8.78 Å². The van der Waals surface area contributed by atoms with E-state index < -0.39 is 11.6 Å². The summed E-state index contributed by atoms with van der Waals surface area (Å²) in [4.78, 5) is 6.45. The summed E-state index contributed by atoms with van der Waals surface area (Å²) in [6, 6.07) is 9.09. The third-order valence-corrected chi connectivity index (χ3v) is 4.53. The highest BCUT2D eigenvalue weighted by atomic mass is 127. The fraction of sp³-hybridized carbons (Fsp3) is 0.278. The lowest BCUT2D eigenvalue weighted by Gasteiger charge is -2.28. The number of hydrogen-bond donors (Lipinski definition) is 2. The first kappa shape index (κ1) is 20.9. The van der Waals surface area contributed by atoms with Gasteiger partial charge in [0.1, 0.15) is 11.6 Å². The first-order chi connectivity index (χ1) is 12.0. The fourth-order valence-electron chi connectivity index (χ4n) is 2.89. The maximum absolute atomic E-state index is 13.6. The molecule has 0 aliphatic carbocycles. The van der Waals surface area contributed by atoms with Crippen LogP contribution >= 0.6 is 35.6 Å². The summed E-state index contributed by atoms with van der Waals surface area (Å²) >= 11 is 6.21. The monoisotopic (exact) mass is 492 g/mol. The van der Waals surface area contributed by atoms with Gasteiger partial charge >= 0.3 is 0 Å². The molecule has 0 bridgehead atoms. The molecular formula is C18H20ClF2IN4. The Hall–Kier alpha value is -1.45. The molecule has 1 aliphatic heterocycles. The minimum Gasteiger partial charge on any atom is -0.370 e. The quantitative estimate of drug-likeness (QED) is 0.385. The molecular weight excluding hydrogens is 473 g/mol. The van der Waals surface area contributed by atoms with Crippen molar-refractivity contribution in [2.75, 3.05) is 25.0 Å². The number of fused-ring (bicyclic) bond motifs is 1. The van der Waals surface area contributed by atoms with E-state index in [0.29, 0.717) is 6.54 Å². The second-order valence-electron chi connectivity index (χ2n) is 5.92. The fourth-order valence-corrected chi connectivity index (χ4v) is 3.18. The van der Waals surface area contributed by atoms with Gasteiger partial charge in [-0.05, 0) is 35.7 Å². The van der Waals surface area contributed by atoms with Gasteiger partial charge in [0.15, 0.2) is 5.96 Å². The Kier molecular flexibility index (Phi) is 7.60. The van der Waals surface area contributed by atoms with E-state index in [1.54, 1.807) is 0 Å². The van der Waals surface area contributed by atoms with Gasteiger partial charge in [-0.1, -0.05) is 23.7 Å². The van der Waals surface area contributed by atoms with Crippen LogP contribution in [0.15, 0.2) is 41.4 Å². The van der Waals surface area contributed by atoms with Crippen molar-refractivity contribution in [3.8, 4) is 0 Å². The van der Waals surface area contributed by atoms with Crippen LogP contribution in [0.2, 0.25) is 5.02 Å². The number of nitrogens with one attached hydrogen (secondary N) is 1. The van der Waals surface area contributed by atoms with Gasteiger partial charge in [-0.15, -0.1) is 24.0 Å². The Morgan fingerprint density at radius 1 is 1.27 bits per heavy atom. The second kappa shape index (κ2) is 9.48. The van der Waals surface area contributed by atoms with Crippen LogP contribution < -0.4 is 11.1 Å². The first-order valence-electron chi connectivity index (χ1n) is 8.03. The molecule has 0 amide bonds. The normalized spacial score (nSPS) is 14.5. The minimum absolute atomic E-state index is 0. The topological polar surface area (TPSA) is 53.6 Å². The standard InChI is InChI=1S/C18H19ClF2N4.HI/c19-15-3-1-2-12-11-25(8-6-14(12)15)9-7-23-18(22)24-17-10-13(20)4-5-16(17)21;/h1-5,10H,6-9,11H2,(H3,22,23,24);1H. The highest BCUT2D eigenvalue weighted by Gasteiger charge is 2.17. The summed E-state index contributed by atoms with van der Waals surface area (Å²) in [6.45, 7) is 2.90. The third kappa shape index (κ3) is 5.28. The van der Waals surface area contributed by atoms with E-state index in [1.807, 2.05) is 12.1 Å². The Bertz CT molecular complexity index is 801. The number of anilines is 1. The molecule has 0 atom stereocenters. The number of nitrogens with two attached hydrogens (primary N) is 1. The van der Waals surface area contributed by atoms with Crippen molar-refractivity contribution in [1.82, 2.24) is 4.90 Å². The number of nitrogens with zero attached hydrogens (tertiary/aromatic N) is 2. The smallest absolute Gasteiger partial charge is 0.193 e. The van der Waals surface area contributed by atoms with E-state index in [-0.39, 0.29) is 35.6 Å². The largest absolute Gasteiger partial charge is 0.370 e. The zero-order chi connectivity index (χ0) is 17.8. The van der Waals surface area contributed by atoms with Crippen LogP contribution in [0, 0.1) is 11.6 Å². The van der Waals surface area contributed by atoms with Crippen LogP contribution in [0.5, 0.6) is 0 Å². The summed E-state index contributed by atoms with van der Waals surface area (Å²) in [6.07, 6.45) is 0.904.